The van der Waals surface area contributed by atoms with Crippen LogP contribution in [0.5, 0.6) is 0 Å². The van der Waals surface area contributed by atoms with Crippen molar-refractivity contribution < 1.29 is 12.9 Å². The van der Waals surface area contributed by atoms with E-state index in [4.69, 9.17) is 4.52 Å². The maximum Gasteiger partial charge on any atom is 0.257 e. The molecule has 4 rings (SSSR count). The lowest BCUT2D eigenvalue weighted by Crippen LogP contribution is -2.39. The van der Waals surface area contributed by atoms with Crippen LogP contribution in [0.4, 0.5) is 0 Å². The summed E-state index contributed by atoms with van der Waals surface area (Å²) in [6.45, 7) is 2.93. The standard InChI is InChI=1S/C18H19N3O3S2/c1-13-6-8-14(9-7-13)18-19-17(20-24-18)15-4-2-10-21(12-15)26(22,23)16-5-3-11-25-16/h3,5-9,11,15H,2,4,10,12H2,1H3. The monoisotopic (exact) mass is 389 g/mol. The van der Waals surface area contributed by atoms with Gasteiger partial charge in [0.25, 0.3) is 15.9 Å². The molecule has 0 bridgehead atoms. The summed E-state index contributed by atoms with van der Waals surface area (Å²) in [5.74, 6) is 0.992. The zero-order valence-corrected chi connectivity index (χ0v) is 16.0. The highest BCUT2D eigenvalue weighted by Crippen LogP contribution is 2.31. The average molecular weight is 390 g/mol. The average Bonchev–Trinajstić information content (AvgIpc) is 3.35. The molecule has 3 heterocycles. The van der Waals surface area contributed by atoms with Gasteiger partial charge < -0.3 is 4.52 Å². The lowest BCUT2D eigenvalue weighted by atomic mass is 9.99. The first-order valence-electron chi connectivity index (χ1n) is 8.48. The van der Waals surface area contributed by atoms with E-state index in [-0.39, 0.29) is 5.92 Å². The normalized spacial score (nSPS) is 18.9. The van der Waals surface area contributed by atoms with E-state index in [9.17, 15) is 8.42 Å². The van der Waals surface area contributed by atoms with Crippen LogP contribution in [0.1, 0.15) is 30.1 Å². The number of piperidine rings is 1. The molecule has 0 N–H and O–H groups in total. The number of nitrogens with zero attached hydrogens (tertiary/aromatic N) is 3. The van der Waals surface area contributed by atoms with Gasteiger partial charge in [0.1, 0.15) is 4.21 Å². The third kappa shape index (κ3) is 3.32. The maximum absolute atomic E-state index is 12.8. The summed E-state index contributed by atoms with van der Waals surface area (Å²) in [7, 11) is -3.44. The van der Waals surface area contributed by atoms with Crippen molar-refractivity contribution in [2.45, 2.75) is 29.9 Å². The molecule has 26 heavy (non-hydrogen) atoms. The quantitative estimate of drug-likeness (QED) is 0.680. The second-order valence-corrected chi connectivity index (χ2v) is 9.57. The van der Waals surface area contributed by atoms with Crippen molar-refractivity contribution in [2.24, 2.45) is 0 Å². The fourth-order valence-electron chi connectivity index (χ4n) is 3.12. The van der Waals surface area contributed by atoms with E-state index in [0.717, 1.165) is 24.0 Å². The second kappa shape index (κ2) is 6.94. The maximum atomic E-state index is 12.8. The molecular formula is C18H19N3O3S2. The predicted octanol–water partition coefficient (Wildman–Crippen LogP) is 3.67. The predicted molar refractivity (Wildman–Crippen MR) is 99.5 cm³/mol. The molecule has 1 saturated heterocycles. The third-order valence-electron chi connectivity index (χ3n) is 4.58. The Morgan fingerprint density at radius 3 is 2.77 bits per heavy atom. The molecule has 1 unspecified atom stereocenters. The van der Waals surface area contributed by atoms with Crippen molar-refractivity contribution in [3.63, 3.8) is 0 Å². The largest absolute Gasteiger partial charge is 0.334 e. The van der Waals surface area contributed by atoms with Gasteiger partial charge >= 0.3 is 0 Å². The Balaban J connectivity index is 1.54. The number of rotatable bonds is 4. The van der Waals surface area contributed by atoms with Crippen molar-refractivity contribution in [3.05, 3.63) is 53.2 Å². The molecule has 0 saturated carbocycles. The van der Waals surface area contributed by atoms with Gasteiger partial charge in [0.15, 0.2) is 5.82 Å². The van der Waals surface area contributed by atoms with Crippen molar-refractivity contribution in [2.75, 3.05) is 13.1 Å². The van der Waals surface area contributed by atoms with E-state index in [0.29, 0.717) is 29.0 Å². The van der Waals surface area contributed by atoms with Crippen molar-refractivity contribution in [3.8, 4) is 11.5 Å². The summed E-state index contributed by atoms with van der Waals surface area (Å²) in [4.78, 5) is 4.52. The smallest absolute Gasteiger partial charge is 0.257 e. The molecular weight excluding hydrogens is 370 g/mol. The van der Waals surface area contributed by atoms with Crippen LogP contribution < -0.4 is 0 Å². The number of hydrogen-bond acceptors (Lipinski definition) is 6. The Bertz CT molecular complexity index is 979. The van der Waals surface area contributed by atoms with E-state index in [2.05, 4.69) is 10.1 Å². The molecule has 0 aliphatic carbocycles. The molecule has 1 atom stereocenters. The van der Waals surface area contributed by atoms with Crippen LogP contribution in [0.3, 0.4) is 0 Å². The minimum absolute atomic E-state index is 0.0542. The topological polar surface area (TPSA) is 76.3 Å². The highest BCUT2D eigenvalue weighted by atomic mass is 32.2. The van der Waals surface area contributed by atoms with Crippen molar-refractivity contribution >= 4 is 21.4 Å². The molecule has 6 nitrogen and oxygen atoms in total. The number of thiophene rings is 1. The molecule has 136 valence electrons. The summed E-state index contributed by atoms with van der Waals surface area (Å²) >= 11 is 1.24. The Labute approximate surface area is 156 Å². The summed E-state index contributed by atoms with van der Waals surface area (Å²) in [6, 6.07) is 11.3. The Morgan fingerprint density at radius 2 is 2.04 bits per heavy atom. The number of benzene rings is 1. The number of aryl methyl sites for hydroxylation is 1. The fraction of sp³-hybridized carbons (Fsp3) is 0.333. The molecule has 1 aliphatic rings. The summed E-state index contributed by atoms with van der Waals surface area (Å²) in [5, 5.41) is 5.89. The van der Waals surface area contributed by atoms with Crippen LogP contribution in [0, 0.1) is 6.92 Å². The van der Waals surface area contributed by atoms with Crippen molar-refractivity contribution in [1.82, 2.24) is 14.4 Å². The van der Waals surface area contributed by atoms with E-state index >= 15 is 0 Å². The van der Waals surface area contributed by atoms with E-state index < -0.39 is 10.0 Å². The minimum atomic E-state index is -3.44. The van der Waals surface area contributed by atoms with Crippen LogP contribution in [-0.2, 0) is 10.0 Å². The van der Waals surface area contributed by atoms with Gasteiger partial charge in [-0.05, 0) is 43.3 Å². The number of aromatic nitrogens is 2. The Kier molecular flexibility index (Phi) is 4.64. The SMILES string of the molecule is Cc1ccc(-c2nc(C3CCCN(S(=O)(=O)c4cccs4)C3)no2)cc1. The van der Waals surface area contributed by atoms with Gasteiger partial charge in [0.05, 0.1) is 0 Å². The molecule has 0 spiro atoms. The van der Waals surface area contributed by atoms with Crippen LogP contribution in [-0.4, -0.2) is 36.0 Å². The second-order valence-electron chi connectivity index (χ2n) is 6.46. The van der Waals surface area contributed by atoms with Gasteiger partial charge in [-0.1, -0.05) is 28.9 Å². The molecule has 1 aromatic carbocycles. The molecule has 1 aliphatic heterocycles. The number of sulfonamides is 1. The molecule has 2 aromatic heterocycles. The Hall–Kier alpha value is -2.03. The summed E-state index contributed by atoms with van der Waals surface area (Å²) in [5.41, 5.74) is 2.03. The zero-order valence-electron chi connectivity index (χ0n) is 14.3. The van der Waals surface area contributed by atoms with Crippen LogP contribution in [0.2, 0.25) is 0 Å². The zero-order chi connectivity index (χ0) is 18.1. The Morgan fingerprint density at radius 1 is 1.23 bits per heavy atom. The first-order chi connectivity index (χ1) is 12.5. The minimum Gasteiger partial charge on any atom is -0.334 e. The fourth-order valence-corrected chi connectivity index (χ4v) is 5.79. The first kappa shape index (κ1) is 17.4. The van der Waals surface area contributed by atoms with Crippen molar-refractivity contribution in [1.29, 1.82) is 0 Å². The van der Waals surface area contributed by atoms with Gasteiger partial charge in [-0.3, -0.25) is 0 Å². The van der Waals surface area contributed by atoms with E-state index in [1.165, 1.54) is 15.6 Å². The molecule has 1 fully saturated rings. The molecule has 0 radical (unpaired) electrons. The van der Waals surface area contributed by atoms with Crippen LogP contribution in [0.25, 0.3) is 11.5 Å². The highest BCUT2D eigenvalue weighted by Gasteiger charge is 2.33. The first-order valence-corrected chi connectivity index (χ1v) is 10.8. The highest BCUT2D eigenvalue weighted by molar-refractivity contribution is 7.91. The van der Waals surface area contributed by atoms with Gasteiger partial charge in [0.2, 0.25) is 0 Å². The summed E-state index contributed by atoms with van der Waals surface area (Å²) < 4.78 is 32.8. The third-order valence-corrected chi connectivity index (χ3v) is 7.82. The van der Waals surface area contributed by atoms with E-state index in [1.54, 1.807) is 17.5 Å². The van der Waals surface area contributed by atoms with Gasteiger partial charge in [-0.15, -0.1) is 11.3 Å². The van der Waals surface area contributed by atoms with Crippen LogP contribution >= 0.6 is 11.3 Å². The molecule has 0 amide bonds. The molecule has 3 aromatic rings. The number of hydrogen-bond donors (Lipinski definition) is 0. The molecule has 8 heteroatoms. The van der Waals surface area contributed by atoms with Gasteiger partial charge in [-0.25, -0.2) is 8.42 Å². The van der Waals surface area contributed by atoms with Crippen LogP contribution in [0.15, 0.2) is 50.5 Å². The van der Waals surface area contributed by atoms with Gasteiger partial charge in [-0.2, -0.15) is 9.29 Å². The lowest BCUT2D eigenvalue weighted by Gasteiger charge is -2.29. The lowest BCUT2D eigenvalue weighted by molar-refractivity contribution is 0.303. The van der Waals surface area contributed by atoms with E-state index in [1.807, 2.05) is 31.2 Å². The van der Waals surface area contributed by atoms with Gasteiger partial charge in [0, 0.05) is 24.6 Å². The summed E-state index contributed by atoms with van der Waals surface area (Å²) in [6.07, 6.45) is 1.63.